The van der Waals surface area contributed by atoms with Gasteiger partial charge in [0.2, 0.25) is 4.74 Å². The molecule has 0 fully saturated rings. The molecule has 1 aromatic rings. The van der Waals surface area contributed by atoms with Gasteiger partial charge >= 0.3 is 4.87 Å². The lowest BCUT2D eigenvalue weighted by Crippen LogP contribution is -2.22. The molecule has 0 saturated heterocycles. The maximum atomic E-state index is 11.5. The van der Waals surface area contributed by atoms with E-state index in [1.165, 1.54) is 10.6 Å². The molecule has 0 saturated carbocycles. The SMILES string of the molecule is C=Cc1c(/C=C\C)c(=O)sc(=O)n1C. The average molecular weight is 209 g/mol. The highest BCUT2D eigenvalue weighted by Gasteiger charge is 2.06. The highest BCUT2D eigenvalue weighted by molar-refractivity contribution is 7.06. The van der Waals surface area contributed by atoms with Gasteiger partial charge in [0.25, 0.3) is 0 Å². The van der Waals surface area contributed by atoms with Gasteiger partial charge in [-0.2, -0.15) is 0 Å². The predicted molar refractivity (Wildman–Crippen MR) is 60.6 cm³/mol. The predicted octanol–water partition coefficient (Wildman–Crippen LogP) is 1.48. The van der Waals surface area contributed by atoms with Crippen molar-refractivity contribution in [2.45, 2.75) is 6.92 Å². The molecule has 1 aromatic heterocycles. The van der Waals surface area contributed by atoms with Gasteiger partial charge in [0.1, 0.15) is 0 Å². The van der Waals surface area contributed by atoms with E-state index in [1.807, 2.05) is 6.92 Å². The van der Waals surface area contributed by atoms with Crippen molar-refractivity contribution in [3.8, 4) is 0 Å². The zero-order valence-corrected chi connectivity index (χ0v) is 8.93. The Hall–Kier alpha value is -1.42. The maximum absolute atomic E-state index is 11.5. The topological polar surface area (TPSA) is 39.1 Å². The van der Waals surface area contributed by atoms with Crippen LogP contribution in [0.4, 0.5) is 0 Å². The van der Waals surface area contributed by atoms with E-state index in [0.29, 0.717) is 22.6 Å². The van der Waals surface area contributed by atoms with Crippen molar-refractivity contribution < 1.29 is 0 Å². The van der Waals surface area contributed by atoms with Crippen molar-refractivity contribution in [2.24, 2.45) is 7.05 Å². The minimum absolute atomic E-state index is 0.221. The lowest BCUT2D eigenvalue weighted by atomic mass is 10.2. The molecule has 0 spiro atoms. The van der Waals surface area contributed by atoms with Crippen LogP contribution in [0.2, 0.25) is 0 Å². The molecule has 0 N–H and O–H groups in total. The van der Waals surface area contributed by atoms with Crippen LogP contribution in [0.25, 0.3) is 12.2 Å². The van der Waals surface area contributed by atoms with Crippen LogP contribution < -0.4 is 9.62 Å². The second kappa shape index (κ2) is 4.19. The largest absolute Gasteiger partial charge is 0.310 e. The van der Waals surface area contributed by atoms with Gasteiger partial charge in [-0.3, -0.25) is 9.59 Å². The maximum Gasteiger partial charge on any atom is 0.310 e. The number of hydrogen-bond acceptors (Lipinski definition) is 3. The Balaban J connectivity index is 3.72. The molecule has 1 rings (SSSR count). The summed E-state index contributed by atoms with van der Waals surface area (Å²) in [6.45, 7) is 5.41. The highest BCUT2D eigenvalue weighted by Crippen LogP contribution is 2.05. The third-order valence-electron chi connectivity index (χ3n) is 1.84. The molecule has 0 unspecified atom stereocenters. The van der Waals surface area contributed by atoms with E-state index in [1.54, 1.807) is 19.2 Å². The molecule has 4 heteroatoms. The first-order valence-electron chi connectivity index (χ1n) is 4.11. The Morgan fingerprint density at radius 2 is 2.07 bits per heavy atom. The molecule has 0 radical (unpaired) electrons. The average Bonchev–Trinajstić information content (AvgIpc) is 2.15. The molecule has 0 amide bonds. The van der Waals surface area contributed by atoms with E-state index in [9.17, 15) is 9.59 Å². The van der Waals surface area contributed by atoms with Gasteiger partial charge in [-0.1, -0.05) is 18.7 Å². The van der Waals surface area contributed by atoms with Crippen LogP contribution in [0.5, 0.6) is 0 Å². The van der Waals surface area contributed by atoms with Gasteiger partial charge in [0.15, 0.2) is 0 Å². The van der Waals surface area contributed by atoms with Crippen LogP contribution in [0.1, 0.15) is 18.2 Å². The van der Waals surface area contributed by atoms with E-state index < -0.39 is 0 Å². The molecule has 3 nitrogen and oxygen atoms in total. The molecule has 0 aromatic carbocycles. The minimum Gasteiger partial charge on any atom is -0.302 e. The Bertz CT molecular complexity index is 494. The number of rotatable bonds is 2. The quantitative estimate of drug-likeness (QED) is 0.740. The molecular formula is C10H11NO2S. The zero-order chi connectivity index (χ0) is 10.7. The normalized spacial score (nSPS) is 10.7. The fourth-order valence-electron chi connectivity index (χ4n) is 1.15. The van der Waals surface area contributed by atoms with Crippen LogP contribution in [-0.4, -0.2) is 4.57 Å². The Morgan fingerprint density at radius 1 is 1.43 bits per heavy atom. The van der Waals surface area contributed by atoms with E-state index in [4.69, 9.17) is 0 Å². The summed E-state index contributed by atoms with van der Waals surface area (Å²) in [4.78, 5) is 22.5. The molecule has 74 valence electrons. The van der Waals surface area contributed by atoms with Crippen molar-refractivity contribution in [1.82, 2.24) is 4.57 Å². The van der Waals surface area contributed by atoms with Crippen molar-refractivity contribution in [2.75, 3.05) is 0 Å². The van der Waals surface area contributed by atoms with Crippen LogP contribution in [-0.2, 0) is 7.05 Å². The van der Waals surface area contributed by atoms with E-state index in [2.05, 4.69) is 6.58 Å². The number of allylic oxidation sites excluding steroid dienone is 1. The lowest BCUT2D eigenvalue weighted by molar-refractivity contribution is 0.868. The van der Waals surface area contributed by atoms with Crippen molar-refractivity contribution >= 4 is 23.5 Å². The smallest absolute Gasteiger partial charge is 0.302 e. The third kappa shape index (κ3) is 1.75. The minimum atomic E-state index is -0.266. The van der Waals surface area contributed by atoms with E-state index >= 15 is 0 Å². The number of hydrogen-bond donors (Lipinski definition) is 0. The summed E-state index contributed by atoms with van der Waals surface area (Å²) < 4.78 is 1.20. The van der Waals surface area contributed by atoms with Crippen LogP contribution >= 0.6 is 11.3 Å². The number of aromatic nitrogens is 1. The van der Waals surface area contributed by atoms with Gasteiger partial charge in [-0.15, -0.1) is 0 Å². The van der Waals surface area contributed by atoms with Crippen LogP contribution in [0.3, 0.4) is 0 Å². The highest BCUT2D eigenvalue weighted by atomic mass is 32.1. The van der Waals surface area contributed by atoms with Crippen molar-refractivity contribution in [1.29, 1.82) is 0 Å². The second-order valence-corrected chi connectivity index (χ2v) is 3.64. The Labute approximate surface area is 85.6 Å². The van der Waals surface area contributed by atoms with Gasteiger partial charge < -0.3 is 4.57 Å². The molecule has 1 heterocycles. The third-order valence-corrected chi connectivity index (χ3v) is 2.69. The van der Waals surface area contributed by atoms with Gasteiger partial charge in [0.05, 0.1) is 11.3 Å². The van der Waals surface area contributed by atoms with Crippen molar-refractivity contribution in [3.63, 3.8) is 0 Å². The standard InChI is InChI=1S/C10H11NO2S/c1-4-6-7-8(5-2)11(3)10(13)14-9(7)12/h4-6H,2H2,1,3H3/b6-4-. The first-order chi connectivity index (χ1) is 6.61. The first-order valence-corrected chi connectivity index (χ1v) is 4.92. The fourth-order valence-corrected chi connectivity index (χ4v) is 1.83. The molecule has 0 aliphatic carbocycles. The second-order valence-electron chi connectivity index (χ2n) is 2.72. The van der Waals surface area contributed by atoms with Crippen LogP contribution in [0.15, 0.2) is 22.2 Å². The lowest BCUT2D eigenvalue weighted by Gasteiger charge is -2.04. The van der Waals surface area contributed by atoms with Crippen molar-refractivity contribution in [3.05, 3.63) is 43.1 Å². The van der Waals surface area contributed by atoms with E-state index in [-0.39, 0.29) is 9.62 Å². The fraction of sp³-hybridized carbons (Fsp3) is 0.200. The molecule has 0 aliphatic heterocycles. The van der Waals surface area contributed by atoms with E-state index in [0.717, 1.165) is 0 Å². The Morgan fingerprint density at radius 3 is 2.57 bits per heavy atom. The summed E-state index contributed by atoms with van der Waals surface area (Å²) in [5.41, 5.74) is 1.09. The summed E-state index contributed by atoms with van der Waals surface area (Å²) in [6, 6.07) is 0. The molecular weight excluding hydrogens is 198 g/mol. The summed E-state index contributed by atoms with van der Waals surface area (Å²) in [6.07, 6.45) is 4.97. The first kappa shape index (κ1) is 10.7. The summed E-state index contributed by atoms with van der Waals surface area (Å²) in [7, 11) is 1.63. The zero-order valence-electron chi connectivity index (χ0n) is 8.11. The van der Waals surface area contributed by atoms with Gasteiger partial charge in [-0.05, 0) is 24.3 Å². The Kier molecular flexibility index (Phi) is 3.19. The molecule has 0 bridgehead atoms. The molecule has 0 atom stereocenters. The monoisotopic (exact) mass is 209 g/mol. The van der Waals surface area contributed by atoms with Gasteiger partial charge in [-0.25, -0.2) is 0 Å². The summed E-state index contributed by atoms with van der Waals surface area (Å²) >= 11 is 0.708. The number of nitrogens with zero attached hydrogens (tertiary/aromatic N) is 1. The van der Waals surface area contributed by atoms with Crippen LogP contribution in [0, 0.1) is 0 Å². The molecule has 0 aliphatic rings. The summed E-state index contributed by atoms with van der Waals surface area (Å²) in [5, 5.41) is 0. The summed E-state index contributed by atoms with van der Waals surface area (Å²) in [5.74, 6) is 0. The van der Waals surface area contributed by atoms with Gasteiger partial charge in [0, 0.05) is 7.05 Å². The molecule has 14 heavy (non-hydrogen) atoms.